The van der Waals surface area contributed by atoms with Crippen molar-refractivity contribution >= 4 is 31.6 Å². The van der Waals surface area contributed by atoms with Crippen LogP contribution in [0.4, 0.5) is 10.1 Å². The zero-order valence-electron chi connectivity index (χ0n) is 9.12. The number of hydrogen-bond donors (Lipinski definition) is 1. The highest BCUT2D eigenvalue weighted by atomic mass is 79.9. The van der Waals surface area contributed by atoms with Crippen molar-refractivity contribution < 1.29 is 12.8 Å². The molecule has 1 fully saturated rings. The molecule has 1 aromatic carbocycles. The van der Waals surface area contributed by atoms with E-state index in [1.165, 1.54) is 12.1 Å². The predicted molar refractivity (Wildman–Crippen MR) is 68.9 cm³/mol. The molecule has 0 heterocycles. The van der Waals surface area contributed by atoms with Gasteiger partial charge < -0.3 is 0 Å². The molecule has 6 heteroatoms. The second-order valence-corrected chi connectivity index (χ2v) is 7.00. The van der Waals surface area contributed by atoms with Gasteiger partial charge >= 0.3 is 0 Å². The Morgan fingerprint density at radius 1 is 1.29 bits per heavy atom. The van der Waals surface area contributed by atoms with Gasteiger partial charge in [-0.25, -0.2) is 12.8 Å². The lowest BCUT2D eigenvalue weighted by Crippen LogP contribution is -2.25. The summed E-state index contributed by atoms with van der Waals surface area (Å²) in [5.74, 6) is -0.475. The van der Waals surface area contributed by atoms with Crippen molar-refractivity contribution in [3.8, 4) is 0 Å². The van der Waals surface area contributed by atoms with Crippen LogP contribution in [0.15, 0.2) is 22.7 Å². The number of nitrogens with one attached hydrogen (secondary N) is 1. The number of sulfonamides is 1. The molecule has 0 bridgehead atoms. The second kappa shape index (κ2) is 4.94. The molecule has 0 aromatic heterocycles. The van der Waals surface area contributed by atoms with E-state index in [1.807, 2.05) is 0 Å². The van der Waals surface area contributed by atoms with Crippen LogP contribution in [0.25, 0.3) is 0 Å². The molecule has 0 aliphatic heterocycles. The van der Waals surface area contributed by atoms with Crippen LogP contribution in [0.1, 0.15) is 25.7 Å². The summed E-state index contributed by atoms with van der Waals surface area (Å²) >= 11 is 3.02. The first-order valence-corrected chi connectivity index (χ1v) is 7.79. The zero-order chi connectivity index (χ0) is 12.5. The fourth-order valence-corrected chi connectivity index (χ4v) is 3.83. The summed E-state index contributed by atoms with van der Waals surface area (Å²) in [6, 6.07) is 4.21. The molecule has 1 saturated carbocycles. The molecule has 0 saturated heterocycles. The fourth-order valence-electron chi connectivity index (χ4n) is 2.01. The van der Waals surface area contributed by atoms with Gasteiger partial charge in [-0.15, -0.1) is 0 Å². The summed E-state index contributed by atoms with van der Waals surface area (Å²) in [4.78, 5) is 0. The summed E-state index contributed by atoms with van der Waals surface area (Å²) in [5, 5.41) is -0.339. The highest BCUT2D eigenvalue weighted by Gasteiger charge is 2.28. The number of halogens is 2. The van der Waals surface area contributed by atoms with Crippen molar-refractivity contribution in [3.63, 3.8) is 0 Å². The van der Waals surface area contributed by atoms with Crippen molar-refractivity contribution in [2.75, 3.05) is 4.72 Å². The fraction of sp³-hybridized carbons (Fsp3) is 0.455. The summed E-state index contributed by atoms with van der Waals surface area (Å²) in [6.45, 7) is 0. The predicted octanol–water partition coefficient (Wildman–Crippen LogP) is 3.27. The maximum absolute atomic E-state index is 13.2. The first-order valence-electron chi connectivity index (χ1n) is 5.46. The largest absolute Gasteiger partial charge is 0.283 e. The van der Waals surface area contributed by atoms with E-state index in [4.69, 9.17) is 0 Å². The van der Waals surface area contributed by atoms with E-state index in [1.54, 1.807) is 6.07 Å². The molecule has 1 aliphatic rings. The molecule has 1 N–H and O–H groups in total. The van der Waals surface area contributed by atoms with Gasteiger partial charge in [0.25, 0.3) is 0 Å². The molecular weight excluding hydrogens is 309 g/mol. The molecular formula is C11H13BrFNO2S. The van der Waals surface area contributed by atoms with E-state index in [0.29, 0.717) is 17.3 Å². The first-order chi connectivity index (χ1) is 7.99. The number of hydrogen-bond acceptors (Lipinski definition) is 2. The molecule has 3 nitrogen and oxygen atoms in total. The van der Waals surface area contributed by atoms with Crippen LogP contribution >= 0.6 is 15.9 Å². The lowest BCUT2D eigenvalue weighted by Gasteiger charge is -2.13. The molecule has 2 rings (SSSR count). The topological polar surface area (TPSA) is 46.2 Å². The smallest absolute Gasteiger partial charge is 0.235 e. The summed E-state index contributed by atoms with van der Waals surface area (Å²) in [7, 11) is -3.37. The average molecular weight is 322 g/mol. The quantitative estimate of drug-likeness (QED) is 0.928. The Labute approximate surface area is 109 Å². The average Bonchev–Trinajstić information content (AvgIpc) is 2.77. The third-order valence-corrected chi connectivity index (χ3v) is 5.43. The lowest BCUT2D eigenvalue weighted by atomic mass is 10.3. The Morgan fingerprint density at radius 3 is 2.53 bits per heavy atom. The van der Waals surface area contributed by atoms with Gasteiger partial charge in [0.1, 0.15) is 5.82 Å². The third-order valence-electron chi connectivity index (χ3n) is 2.92. The van der Waals surface area contributed by atoms with Gasteiger partial charge in [0.15, 0.2) is 0 Å². The van der Waals surface area contributed by atoms with E-state index < -0.39 is 15.8 Å². The minimum atomic E-state index is -3.37. The molecule has 1 aromatic rings. The van der Waals surface area contributed by atoms with Crippen molar-refractivity contribution in [2.24, 2.45) is 0 Å². The third kappa shape index (κ3) is 2.98. The van der Waals surface area contributed by atoms with Crippen LogP contribution in [0, 0.1) is 5.82 Å². The Kier molecular flexibility index (Phi) is 3.73. The standard InChI is InChI=1S/C11H13BrFNO2S/c12-10-6-5-8(7-11(10)13)14-17(15,16)9-3-1-2-4-9/h5-7,9,14H,1-4H2. The molecule has 0 atom stereocenters. The van der Waals surface area contributed by atoms with Crippen molar-refractivity contribution in [3.05, 3.63) is 28.5 Å². The minimum Gasteiger partial charge on any atom is -0.283 e. The molecule has 17 heavy (non-hydrogen) atoms. The van der Waals surface area contributed by atoms with Crippen LogP contribution < -0.4 is 4.72 Å². The monoisotopic (exact) mass is 321 g/mol. The minimum absolute atomic E-state index is 0.276. The van der Waals surface area contributed by atoms with Crippen molar-refractivity contribution in [2.45, 2.75) is 30.9 Å². The first kappa shape index (κ1) is 12.8. The van der Waals surface area contributed by atoms with Crippen molar-refractivity contribution in [1.29, 1.82) is 0 Å². The van der Waals surface area contributed by atoms with Gasteiger partial charge in [0.2, 0.25) is 10.0 Å². The SMILES string of the molecule is O=S(=O)(Nc1ccc(Br)c(F)c1)C1CCCC1. The van der Waals surface area contributed by atoms with Crippen LogP contribution in [0.3, 0.4) is 0 Å². The lowest BCUT2D eigenvalue weighted by molar-refractivity contribution is 0.585. The molecule has 0 amide bonds. The molecule has 94 valence electrons. The number of anilines is 1. The second-order valence-electron chi connectivity index (χ2n) is 4.18. The van der Waals surface area contributed by atoms with Gasteiger partial charge in [0, 0.05) is 0 Å². The Morgan fingerprint density at radius 2 is 1.94 bits per heavy atom. The van der Waals surface area contributed by atoms with Gasteiger partial charge in [-0.1, -0.05) is 12.8 Å². The van der Waals surface area contributed by atoms with Gasteiger partial charge in [-0.3, -0.25) is 4.72 Å². The number of rotatable bonds is 3. The van der Waals surface area contributed by atoms with Gasteiger partial charge in [-0.2, -0.15) is 0 Å². The zero-order valence-corrected chi connectivity index (χ0v) is 11.5. The maximum Gasteiger partial charge on any atom is 0.235 e. The Hall–Kier alpha value is -0.620. The highest BCUT2D eigenvalue weighted by molar-refractivity contribution is 9.10. The van der Waals surface area contributed by atoms with E-state index in [2.05, 4.69) is 20.7 Å². The van der Waals surface area contributed by atoms with E-state index in [9.17, 15) is 12.8 Å². The number of benzene rings is 1. The summed E-state index contributed by atoms with van der Waals surface area (Å²) in [6.07, 6.45) is 3.27. The van der Waals surface area contributed by atoms with Crippen LogP contribution in [0.5, 0.6) is 0 Å². The van der Waals surface area contributed by atoms with Crippen LogP contribution in [0.2, 0.25) is 0 Å². The van der Waals surface area contributed by atoms with E-state index in [-0.39, 0.29) is 10.9 Å². The molecule has 0 unspecified atom stereocenters. The normalized spacial score (nSPS) is 17.3. The van der Waals surface area contributed by atoms with Gasteiger partial charge in [0.05, 0.1) is 15.4 Å². The van der Waals surface area contributed by atoms with Crippen LogP contribution in [-0.4, -0.2) is 13.7 Å². The molecule has 0 spiro atoms. The Balaban J connectivity index is 2.17. The van der Waals surface area contributed by atoms with E-state index in [0.717, 1.165) is 12.8 Å². The highest BCUT2D eigenvalue weighted by Crippen LogP contribution is 2.27. The Bertz CT molecular complexity index is 512. The van der Waals surface area contributed by atoms with Gasteiger partial charge in [-0.05, 0) is 47.0 Å². The van der Waals surface area contributed by atoms with Crippen LogP contribution in [-0.2, 0) is 10.0 Å². The van der Waals surface area contributed by atoms with Crippen molar-refractivity contribution in [1.82, 2.24) is 0 Å². The summed E-state index contributed by atoms with van der Waals surface area (Å²) in [5.41, 5.74) is 0.276. The summed E-state index contributed by atoms with van der Waals surface area (Å²) < 4.78 is 39.9. The van der Waals surface area contributed by atoms with E-state index >= 15 is 0 Å². The maximum atomic E-state index is 13.2. The molecule has 0 radical (unpaired) electrons. The molecule has 1 aliphatic carbocycles.